The molecule has 0 radical (unpaired) electrons. The van der Waals surface area contributed by atoms with Crippen molar-refractivity contribution in [3.8, 4) is 0 Å². The maximum Gasteiger partial charge on any atom is 0.156 e. The van der Waals surface area contributed by atoms with Gasteiger partial charge in [0.15, 0.2) is 5.82 Å². The summed E-state index contributed by atoms with van der Waals surface area (Å²) in [6.45, 7) is 3.66. The molecule has 2 aliphatic rings. The maximum absolute atomic E-state index is 5.58. The van der Waals surface area contributed by atoms with Crippen molar-refractivity contribution in [2.24, 2.45) is 0 Å². The van der Waals surface area contributed by atoms with Gasteiger partial charge in [0, 0.05) is 23.8 Å². The molecule has 1 aliphatic carbocycles. The van der Waals surface area contributed by atoms with E-state index in [4.69, 9.17) is 14.8 Å². The standard InChI is InChI=1S/C21H24N4OS/c1-14-19(27-13-22-14)6-7-20-23-21(17-8-9-26-12-17)24-25(20)18-10-15-4-2-3-5-16(15)11-18/h2-5,13,17-18H,6-12H2,1H3. The Hall–Kier alpha value is -2.05. The number of hydrogen-bond acceptors (Lipinski definition) is 5. The monoisotopic (exact) mass is 380 g/mol. The van der Waals surface area contributed by atoms with Gasteiger partial charge in [-0.05, 0) is 43.7 Å². The third kappa shape index (κ3) is 3.32. The van der Waals surface area contributed by atoms with Crippen LogP contribution in [0.4, 0.5) is 0 Å². The van der Waals surface area contributed by atoms with Crippen LogP contribution in [0.3, 0.4) is 0 Å². The van der Waals surface area contributed by atoms with E-state index in [2.05, 4.69) is 40.9 Å². The molecule has 0 saturated carbocycles. The first-order chi connectivity index (χ1) is 13.3. The molecular weight excluding hydrogens is 356 g/mol. The van der Waals surface area contributed by atoms with Crippen LogP contribution >= 0.6 is 11.3 Å². The number of nitrogens with zero attached hydrogens (tertiary/aromatic N) is 4. The third-order valence-corrected chi connectivity index (χ3v) is 6.80. The van der Waals surface area contributed by atoms with Crippen molar-refractivity contribution in [1.29, 1.82) is 0 Å². The average molecular weight is 381 g/mol. The maximum atomic E-state index is 5.58. The average Bonchev–Trinajstić information content (AvgIpc) is 3.45. The molecule has 6 heteroatoms. The Morgan fingerprint density at radius 1 is 1.19 bits per heavy atom. The van der Waals surface area contributed by atoms with E-state index in [1.165, 1.54) is 16.0 Å². The number of thiazole rings is 1. The predicted octanol–water partition coefficient (Wildman–Crippen LogP) is 3.67. The lowest BCUT2D eigenvalue weighted by molar-refractivity contribution is 0.193. The van der Waals surface area contributed by atoms with E-state index in [1.807, 2.05) is 5.51 Å². The minimum absolute atomic E-state index is 0.346. The summed E-state index contributed by atoms with van der Waals surface area (Å²) < 4.78 is 7.80. The minimum Gasteiger partial charge on any atom is -0.381 e. The van der Waals surface area contributed by atoms with Gasteiger partial charge in [-0.15, -0.1) is 11.3 Å². The van der Waals surface area contributed by atoms with Crippen LogP contribution in [0.5, 0.6) is 0 Å². The lowest BCUT2D eigenvalue weighted by Gasteiger charge is -2.13. The molecule has 140 valence electrons. The highest BCUT2D eigenvalue weighted by Gasteiger charge is 2.29. The third-order valence-electron chi connectivity index (χ3n) is 5.81. The van der Waals surface area contributed by atoms with E-state index < -0.39 is 0 Å². The first-order valence-corrected chi connectivity index (χ1v) is 10.6. The highest BCUT2D eigenvalue weighted by molar-refractivity contribution is 7.09. The SMILES string of the molecule is Cc1ncsc1CCc1nc(C2CCOC2)nn1C1Cc2ccccc2C1. The number of hydrogen-bond donors (Lipinski definition) is 0. The van der Waals surface area contributed by atoms with E-state index in [-0.39, 0.29) is 0 Å². The molecular formula is C21H24N4OS. The van der Waals surface area contributed by atoms with Crippen LogP contribution in [0.1, 0.15) is 51.7 Å². The lowest BCUT2D eigenvalue weighted by Crippen LogP contribution is -2.15. The van der Waals surface area contributed by atoms with Gasteiger partial charge in [-0.3, -0.25) is 0 Å². The van der Waals surface area contributed by atoms with Gasteiger partial charge < -0.3 is 4.74 Å². The van der Waals surface area contributed by atoms with Gasteiger partial charge in [0.25, 0.3) is 0 Å². The molecule has 0 spiro atoms. The van der Waals surface area contributed by atoms with Crippen molar-refractivity contribution < 1.29 is 4.74 Å². The van der Waals surface area contributed by atoms with Crippen LogP contribution in [0.15, 0.2) is 29.8 Å². The van der Waals surface area contributed by atoms with E-state index in [0.29, 0.717) is 12.0 Å². The Bertz CT molecular complexity index is 916. The Balaban J connectivity index is 1.42. The van der Waals surface area contributed by atoms with Crippen LogP contribution in [0, 0.1) is 6.92 Å². The lowest BCUT2D eigenvalue weighted by atomic mass is 10.1. The molecule has 1 aromatic carbocycles. The van der Waals surface area contributed by atoms with Gasteiger partial charge in [0.1, 0.15) is 5.82 Å². The Morgan fingerprint density at radius 3 is 2.67 bits per heavy atom. The minimum atomic E-state index is 0.346. The number of aromatic nitrogens is 4. The molecule has 27 heavy (non-hydrogen) atoms. The van der Waals surface area contributed by atoms with Gasteiger partial charge >= 0.3 is 0 Å². The fraction of sp³-hybridized carbons (Fsp3) is 0.476. The molecule has 5 nitrogen and oxygen atoms in total. The van der Waals surface area contributed by atoms with Crippen LogP contribution in [0.2, 0.25) is 0 Å². The van der Waals surface area contributed by atoms with Crippen LogP contribution < -0.4 is 0 Å². The van der Waals surface area contributed by atoms with Crippen molar-refractivity contribution in [3.63, 3.8) is 0 Å². The fourth-order valence-electron chi connectivity index (χ4n) is 4.25. The Labute approximate surface area is 163 Å². The number of aryl methyl sites for hydroxylation is 3. The summed E-state index contributed by atoms with van der Waals surface area (Å²) in [6, 6.07) is 9.15. The van der Waals surface area contributed by atoms with E-state index >= 15 is 0 Å². The van der Waals surface area contributed by atoms with E-state index in [1.54, 1.807) is 11.3 Å². The predicted molar refractivity (Wildman–Crippen MR) is 105 cm³/mol. The second-order valence-electron chi connectivity index (χ2n) is 7.58. The van der Waals surface area contributed by atoms with E-state index in [9.17, 15) is 0 Å². The molecule has 1 fully saturated rings. The molecule has 3 heterocycles. The first-order valence-electron chi connectivity index (χ1n) is 9.76. The van der Waals surface area contributed by atoms with Crippen molar-refractivity contribution in [2.45, 2.75) is 51.0 Å². The van der Waals surface area contributed by atoms with Gasteiger partial charge in [-0.25, -0.2) is 14.6 Å². The second kappa shape index (κ2) is 7.17. The first kappa shape index (κ1) is 17.1. The largest absolute Gasteiger partial charge is 0.381 e. The highest BCUT2D eigenvalue weighted by atomic mass is 32.1. The summed E-state index contributed by atoms with van der Waals surface area (Å²) in [6.07, 6.45) is 5.02. The molecule has 1 atom stereocenters. The van der Waals surface area contributed by atoms with Gasteiger partial charge in [0.2, 0.25) is 0 Å². The van der Waals surface area contributed by atoms with Crippen LogP contribution in [-0.2, 0) is 30.4 Å². The Morgan fingerprint density at radius 2 is 2.00 bits per heavy atom. The summed E-state index contributed by atoms with van der Waals surface area (Å²) in [5, 5.41) is 4.99. The molecule has 0 N–H and O–H groups in total. The quantitative estimate of drug-likeness (QED) is 0.678. The Kier molecular flexibility index (Phi) is 4.53. The molecule has 5 rings (SSSR count). The summed E-state index contributed by atoms with van der Waals surface area (Å²) in [5.74, 6) is 2.43. The highest BCUT2D eigenvalue weighted by Crippen LogP contribution is 2.32. The zero-order valence-corrected chi connectivity index (χ0v) is 16.4. The number of fused-ring (bicyclic) bond motifs is 1. The van der Waals surface area contributed by atoms with Gasteiger partial charge in [-0.1, -0.05) is 24.3 Å². The zero-order valence-electron chi connectivity index (χ0n) is 15.6. The summed E-state index contributed by atoms with van der Waals surface area (Å²) in [5.41, 5.74) is 5.98. The summed E-state index contributed by atoms with van der Waals surface area (Å²) in [7, 11) is 0. The van der Waals surface area contributed by atoms with Crippen LogP contribution in [0.25, 0.3) is 0 Å². The second-order valence-corrected chi connectivity index (χ2v) is 8.52. The smallest absolute Gasteiger partial charge is 0.156 e. The topological polar surface area (TPSA) is 52.8 Å². The molecule has 1 unspecified atom stereocenters. The normalized spacial score (nSPS) is 19.7. The number of ether oxygens (including phenoxy) is 1. The van der Waals surface area contributed by atoms with Crippen molar-refractivity contribution in [1.82, 2.24) is 19.7 Å². The van der Waals surface area contributed by atoms with Gasteiger partial charge in [0.05, 0.1) is 23.9 Å². The van der Waals surface area contributed by atoms with Gasteiger partial charge in [-0.2, -0.15) is 5.10 Å². The van der Waals surface area contributed by atoms with Crippen molar-refractivity contribution in [2.75, 3.05) is 13.2 Å². The summed E-state index contributed by atoms with van der Waals surface area (Å²) >= 11 is 1.74. The fourth-order valence-corrected chi connectivity index (χ4v) is 5.03. The zero-order chi connectivity index (χ0) is 18.2. The van der Waals surface area contributed by atoms with Crippen LogP contribution in [-0.4, -0.2) is 33.0 Å². The number of benzene rings is 1. The molecule has 0 bridgehead atoms. The van der Waals surface area contributed by atoms with Crippen molar-refractivity contribution in [3.05, 3.63) is 63.1 Å². The molecule has 3 aromatic rings. The molecule has 0 amide bonds. The number of rotatable bonds is 5. The summed E-state index contributed by atoms with van der Waals surface area (Å²) in [4.78, 5) is 10.7. The molecule has 1 saturated heterocycles. The molecule has 2 aromatic heterocycles. The van der Waals surface area contributed by atoms with Crippen molar-refractivity contribution >= 4 is 11.3 Å². The molecule has 1 aliphatic heterocycles. The van der Waals surface area contributed by atoms with E-state index in [0.717, 1.165) is 62.7 Å².